The second-order valence-electron chi connectivity index (χ2n) is 5.42. The highest BCUT2D eigenvalue weighted by Crippen LogP contribution is 2.45. The highest BCUT2D eigenvalue weighted by Gasteiger charge is 2.29. The lowest BCUT2D eigenvalue weighted by Gasteiger charge is -2.36. The third kappa shape index (κ3) is 2.70. The monoisotopic (exact) mass is 344 g/mol. The molecule has 126 valence electrons. The van der Waals surface area contributed by atoms with Gasteiger partial charge >= 0.3 is 0 Å². The standard InChI is InChI=1S/C17H20N4O2S/c1-5-15(24(4)22)12-6-7-13-14(10-12)21(11-23-3)17-16(20(13)2)18-8-9-19-17/h5-10H,11H2,1-4H3. The fraction of sp³-hybridized carbons (Fsp3) is 0.294. The fourth-order valence-electron chi connectivity index (χ4n) is 2.91. The van der Waals surface area contributed by atoms with Gasteiger partial charge in [0.25, 0.3) is 0 Å². The molecule has 0 aliphatic carbocycles. The van der Waals surface area contributed by atoms with E-state index in [0.717, 1.165) is 33.5 Å². The van der Waals surface area contributed by atoms with Gasteiger partial charge < -0.3 is 9.64 Å². The molecule has 24 heavy (non-hydrogen) atoms. The van der Waals surface area contributed by atoms with Crippen LogP contribution < -0.4 is 9.80 Å². The zero-order valence-electron chi connectivity index (χ0n) is 14.2. The summed E-state index contributed by atoms with van der Waals surface area (Å²) in [6.07, 6.45) is 6.92. The number of benzene rings is 1. The van der Waals surface area contributed by atoms with E-state index in [0.29, 0.717) is 6.73 Å². The highest BCUT2D eigenvalue weighted by molar-refractivity contribution is 7.93. The number of ether oxygens (including phenoxy) is 1. The molecule has 1 aromatic carbocycles. The zero-order chi connectivity index (χ0) is 17.3. The van der Waals surface area contributed by atoms with Gasteiger partial charge in [-0.3, -0.25) is 9.11 Å². The van der Waals surface area contributed by atoms with Crippen LogP contribution in [0.2, 0.25) is 0 Å². The van der Waals surface area contributed by atoms with Crippen molar-refractivity contribution < 1.29 is 8.95 Å². The van der Waals surface area contributed by atoms with Crippen molar-refractivity contribution in [3.63, 3.8) is 0 Å². The first-order valence-corrected chi connectivity index (χ1v) is 9.09. The molecule has 0 amide bonds. The first-order chi connectivity index (χ1) is 11.6. The van der Waals surface area contributed by atoms with E-state index in [2.05, 4.69) is 9.97 Å². The van der Waals surface area contributed by atoms with Gasteiger partial charge in [0.2, 0.25) is 0 Å². The molecule has 1 unspecified atom stereocenters. The number of aromatic nitrogens is 2. The summed E-state index contributed by atoms with van der Waals surface area (Å²) >= 11 is 0. The van der Waals surface area contributed by atoms with Crippen LogP contribution in [-0.4, -0.2) is 41.3 Å². The number of anilines is 4. The Morgan fingerprint density at radius 1 is 1.25 bits per heavy atom. The van der Waals surface area contributed by atoms with E-state index in [9.17, 15) is 4.21 Å². The van der Waals surface area contributed by atoms with Gasteiger partial charge in [-0.25, -0.2) is 9.97 Å². The maximum atomic E-state index is 12.0. The van der Waals surface area contributed by atoms with Crippen LogP contribution in [-0.2, 0) is 15.5 Å². The molecule has 0 N–H and O–H groups in total. The summed E-state index contributed by atoms with van der Waals surface area (Å²) in [6, 6.07) is 6.03. The summed E-state index contributed by atoms with van der Waals surface area (Å²) < 4.78 is 17.4. The van der Waals surface area contributed by atoms with Crippen molar-refractivity contribution in [3.8, 4) is 0 Å². The van der Waals surface area contributed by atoms with Crippen LogP contribution in [0.1, 0.15) is 12.5 Å². The second kappa shape index (κ2) is 6.70. The smallest absolute Gasteiger partial charge is 0.178 e. The Balaban J connectivity index is 2.18. The Morgan fingerprint density at radius 3 is 2.58 bits per heavy atom. The van der Waals surface area contributed by atoms with Crippen LogP contribution in [0.15, 0.2) is 36.7 Å². The lowest BCUT2D eigenvalue weighted by molar-refractivity contribution is 0.205. The molecule has 0 saturated heterocycles. The van der Waals surface area contributed by atoms with Crippen molar-refractivity contribution >= 4 is 38.7 Å². The van der Waals surface area contributed by atoms with Crippen LogP contribution in [0.5, 0.6) is 0 Å². The quantitative estimate of drug-likeness (QED) is 0.850. The van der Waals surface area contributed by atoms with E-state index in [1.807, 2.05) is 48.0 Å². The molecule has 7 heteroatoms. The van der Waals surface area contributed by atoms with Crippen LogP contribution in [0.4, 0.5) is 23.0 Å². The number of methoxy groups -OCH3 is 1. The minimum Gasteiger partial charge on any atom is -0.364 e. The topological polar surface area (TPSA) is 58.6 Å². The van der Waals surface area contributed by atoms with E-state index in [4.69, 9.17) is 4.74 Å². The lowest BCUT2D eigenvalue weighted by Crippen LogP contribution is -2.30. The number of rotatable bonds is 4. The van der Waals surface area contributed by atoms with Crippen LogP contribution in [0.25, 0.3) is 4.91 Å². The molecule has 2 aromatic rings. The third-order valence-corrected chi connectivity index (χ3v) is 5.07. The van der Waals surface area contributed by atoms with E-state index in [1.54, 1.807) is 25.8 Å². The molecule has 0 radical (unpaired) electrons. The predicted octanol–water partition coefficient (Wildman–Crippen LogP) is 3.04. The van der Waals surface area contributed by atoms with Crippen molar-refractivity contribution in [2.45, 2.75) is 6.92 Å². The molecule has 1 aliphatic heterocycles. The Hall–Kier alpha value is -2.25. The maximum Gasteiger partial charge on any atom is 0.178 e. The van der Waals surface area contributed by atoms with Crippen molar-refractivity contribution in [3.05, 3.63) is 42.2 Å². The predicted molar refractivity (Wildman–Crippen MR) is 98.3 cm³/mol. The molecule has 1 aromatic heterocycles. The van der Waals surface area contributed by atoms with Crippen LogP contribution in [0.3, 0.4) is 0 Å². The number of hydrogen-bond acceptors (Lipinski definition) is 6. The van der Waals surface area contributed by atoms with E-state index in [-0.39, 0.29) is 0 Å². The van der Waals surface area contributed by atoms with Crippen LogP contribution in [0, 0.1) is 0 Å². The molecule has 0 fully saturated rings. The largest absolute Gasteiger partial charge is 0.364 e. The minimum atomic E-state index is -1.05. The zero-order valence-corrected chi connectivity index (χ0v) is 15.0. The summed E-state index contributed by atoms with van der Waals surface area (Å²) in [5.74, 6) is 1.52. The molecule has 0 saturated carbocycles. The second-order valence-corrected chi connectivity index (χ2v) is 6.77. The first kappa shape index (κ1) is 16.6. The minimum absolute atomic E-state index is 0.358. The molecule has 3 rings (SSSR count). The van der Waals surface area contributed by atoms with Gasteiger partial charge in [-0.1, -0.05) is 12.1 Å². The molecule has 6 nitrogen and oxygen atoms in total. The van der Waals surface area contributed by atoms with Crippen molar-refractivity contribution in [1.82, 2.24) is 9.97 Å². The normalized spacial score (nSPS) is 15.1. The molecular formula is C17H20N4O2S. The Labute approximate surface area is 144 Å². The summed E-state index contributed by atoms with van der Waals surface area (Å²) in [7, 11) is 2.56. The summed E-state index contributed by atoms with van der Waals surface area (Å²) in [5.41, 5.74) is 2.88. The molecule has 2 heterocycles. The fourth-order valence-corrected chi connectivity index (χ4v) is 3.70. The van der Waals surface area contributed by atoms with Gasteiger partial charge in [-0.2, -0.15) is 0 Å². The molecule has 0 spiro atoms. The van der Waals surface area contributed by atoms with Gasteiger partial charge in [0.15, 0.2) is 11.6 Å². The van der Waals surface area contributed by atoms with Gasteiger partial charge in [-0.15, -0.1) is 0 Å². The van der Waals surface area contributed by atoms with E-state index >= 15 is 0 Å². The summed E-state index contributed by atoms with van der Waals surface area (Å²) in [6.45, 7) is 2.26. The SMILES string of the molecule is CC=C(c1ccc2c(c1)N(COC)c1nccnc1N2C)S(C)=O. The van der Waals surface area contributed by atoms with Crippen LogP contribution >= 0.6 is 0 Å². The Bertz CT molecular complexity index is 822. The van der Waals surface area contributed by atoms with E-state index in [1.165, 1.54) is 0 Å². The summed E-state index contributed by atoms with van der Waals surface area (Å²) in [5, 5.41) is 0. The third-order valence-electron chi connectivity index (χ3n) is 3.98. The van der Waals surface area contributed by atoms with Crippen molar-refractivity contribution in [2.24, 2.45) is 0 Å². The summed E-state index contributed by atoms with van der Waals surface area (Å²) in [4.78, 5) is 13.7. The molecule has 1 aliphatic rings. The van der Waals surface area contributed by atoms with E-state index < -0.39 is 10.8 Å². The molecule has 0 bridgehead atoms. The van der Waals surface area contributed by atoms with Gasteiger partial charge in [0, 0.05) is 37.7 Å². The number of fused-ring (bicyclic) bond motifs is 2. The van der Waals surface area contributed by atoms with Gasteiger partial charge in [0.05, 0.1) is 22.2 Å². The van der Waals surface area contributed by atoms with Gasteiger partial charge in [0.1, 0.15) is 6.73 Å². The Morgan fingerprint density at radius 2 is 1.96 bits per heavy atom. The average Bonchev–Trinajstić information content (AvgIpc) is 2.59. The number of hydrogen-bond donors (Lipinski definition) is 0. The van der Waals surface area contributed by atoms with Crippen molar-refractivity contribution in [1.29, 1.82) is 0 Å². The molecule has 1 atom stereocenters. The highest BCUT2D eigenvalue weighted by atomic mass is 32.2. The number of nitrogens with zero attached hydrogens (tertiary/aromatic N) is 4. The molecular weight excluding hydrogens is 324 g/mol. The van der Waals surface area contributed by atoms with Crippen molar-refractivity contribution in [2.75, 3.05) is 36.9 Å². The number of allylic oxidation sites excluding steroid dienone is 1. The maximum absolute atomic E-state index is 12.0. The Kier molecular flexibility index (Phi) is 4.64. The lowest BCUT2D eigenvalue weighted by atomic mass is 10.1. The van der Waals surface area contributed by atoms with Gasteiger partial charge in [-0.05, 0) is 24.6 Å². The first-order valence-electron chi connectivity index (χ1n) is 7.53. The average molecular weight is 344 g/mol.